The van der Waals surface area contributed by atoms with Gasteiger partial charge in [0.15, 0.2) is 0 Å². The fraction of sp³-hybridized carbons (Fsp3) is 0.0769. The van der Waals surface area contributed by atoms with E-state index in [1.807, 2.05) is 42.5 Å². The van der Waals surface area contributed by atoms with Gasteiger partial charge in [0.25, 0.3) is 5.56 Å². The second kappa shape index (κ2) is 8.96. The molecule has 0 atom stereocenters. The number of amides is 1. The molecule has 162 valence electrons. The minimum absolute atomic E-state index is 0.0665. The van der Waals surface area contributed by atoms with E-state index in [1.165, 1.54) is 4.68 Å². The summed E-state index contributed by atoms with van der Waals surface area (Å²) >= 11 is 3.38. The zero-order valence-corrected chi connectivity index (χ0v) is 19.1. The van der Waals surface area contributed by atoms with Gasteiger partial charge in [0.05, 0.1) is 17.5 Å². The number of nitrogens with one attached hydrogen (secondary N) is 1. The summed E-state index contributed by atoms with van der Waals surface area (Å²) in [5.41, 5.74) is 2.81. The van der Waals surface area contributed by atoms with Crippen molar-refractivity contribution in [2.24, 2.45) is 0 Å². The molecule has 33 heavy (non-hydrogen) atoms. The molecule has 0 radical (unpaired) electrons. The zero-order chi connectivity index (χ0) is 22.8. The van der Waals surface area contributed by atoms with Crippen LogP contribution in [-0.4, -0.2) is 20.9 Å². The molecule has 4 aromatic carbocycles. The van der Waals surface area contributed by atoms with Crippen LogP contribution in [0.3, 0.4) is 0 Å². The van der Waals surface area contributed by atoms with Crippen molar-refractivity contribution in [2.75, 3.05) is 0 Å². The molecule has 0 aliphatic rings. The summed E-state index contributed by atoms with van der Waals surface area (Å²) in [6.07, 6.45) is 0.246. The lowest BCUT2D eigenvalue weighted by molar-refractivity contribution is -0.120. The van der Waals surface area contributed by atoms with Crippen LogP contribution < -0.4 is 10.9 Å². The molecule has 5 rings (SSSR count). The Morgan fingerprint density at radius 2 is 1.70 bits per heavy atom. The first-order valence-electron chi connectivity index (χ1n) is 10.5. The predicted octanol–water partition coefficient (Wildman–Crippen LogP) is 4.56. The average Bonchev–Trinajstić information content (AvgIpc) is 2.84. The molecular weight excluding hydrogens is 480 g/mol. The molecule has 0 fully saturated rings. The van der Waals surface area contributed by atoms with Crippen LogP contribution >= 0.6 is 15.9 Å². The predicted molar refractivity (Wildman–Crippen MR) is 132 cm³/mol. The maximum Gasteiger partial charge on any atom is 0.282 e. The molecule has 5 aromatic rings. The fourth-order valence-electron chi connectivity index (χ4n) is 3.83. The summed E-state index contributed by atoms with van der Waals surface area (Å²) in [7, 11) is 0. The molecule has 0 spiro atoms. The molecule has 7 heteroatoms. The summed E-state index contributed by atoms with van der Waals surface area (Å²) in [5.74, 6) is -0.0665. The Balaban J connectivity index is 1.29. The Morgan fingerprint density at radius 3 is 2.55 bits per heavy atom. The van der Waals surface area contributed by atoms with Crippen molar-refractivity contribution < 1.29 is 4.79 Å². The number of fused-ring (bicyclic) bond motifs is 2. The highest BCUT2D eigenvalue weighted by atomic mass is 79.9. The van der Waals surface area contributed by atoms with E-state index in [4.69, 9.17) is 0 Å². The standard InChI is InChI=1S/C26H19BrN4O2/c27-20-10-13-24-23(15-20)26(33)31(30-29-24)21-11-8-17(9-12-21)14-25(32)28-16-19-6-3-5-18-4-1-2-7-22(18)19/h1-13,15H,14,16H2,(H,28,32). The third-order valence-corrected chi connectivity index (χ3v) is 6.02. The number of rotatable bonds is 5. The van der Waals surface area contributed by atoms with Gasteiger partial charge in [-0.15, -0.1) is 5.10 Å². The molecule has 0 aliphatic heterocycles. The first kappa shape index (κ1) is 21.0. The Morgan fingerprint density at radius 1 is 0.909 bits per heavy atom. The van der Waals surface area contributed by atoms with Crippen molar-refractivity contribution >= 4 is 43.5 Å². The third-order valence-electron chi connectivity index (χ3n) is 5.52. The van der Waals surface area contributed by atoms with Crippen molar-refractivity contribution in [3.05, 3.63) is 111 Å². The highest BCUT2D eigenvalue weighted by Crippen LogP contribution is 2.18. The molecule has 0 unspecified atom stereocenters. The lowest BCUT2D eigenvalue weighted by atomic mass is 10.0. The smallest absolute Gasteiger partial charge is 0.282 e. The Hall–Kier alpha value is -3.84. The van der Waals surface area contributed by atoms with Crippen molar-refractivity contribution in [2.45, 2.75) is 13.0 Å². The van der Waals surface area contributed by atoms with E-state index in [0.29, 0.717) is 23.1 Å². The molecule has 1 N–H and O–H groups in total. The van der Waals surface area contributed by atoms with Gasteiger partial charge in [0.1, 0.15) is 5.52 Å². The number of hydrogen-bond donors (Lipinski definition) is 1. The summed E-state index contributed by atoms with van der Waals surface area (Å²) in [5, 5.41) is 13.9. The summed E-state index contributed by atoms with van der Waals surface area (Å²) in [6, 6.07) is 26.7. The molecule has 1 amide bonds. The topological polar surface area (TPSA) is 76.9 Å². The quantitative estimate of drug-likeness (QED) is 0.385. The van der Waals surface area contributed by atoms with Crippen LogP contribution in [0.2, 0.25) is 0 Å². The number of halogens is 1. The lowest BCUT2D eigenvalue weighted by Gasteiger charge is -2.09. The molecular formula is C26H19BrN4O2. The minimum atomic E-state index is -0.248. The van der Waals surface area contributed by atoms with Gasteiger partial charge in [-0.1, -0.05) is 75.7 Å². The van der Waals surface area contributed by atoms with Crippen LogP contribution in [0.1, 0.15) is 11.1 Å². The number of hydrogen-bond acceptors (Lipinski definition) is 4. The fourth-order valence-corrected chi connectivity index (χ4v) is 4.19. The Kier molecular flexibility index (Phi) is 5.71. The van der Waals surface area contributed by atoms with E-state index in [0.717, 1.165) is 26.4 Å². The van der Waals surface area contributed by atoms with E-state index in [2.05, 4.69) is 49.8 Å². The van der Waals surface area contributed by atoms with Crippen LogP contribution in [0.5, 0.6) is 0 Å². The van der Waals surface area contributed by atoms with Gasteiger partial charge in [0.2, 0.25) is 5.91 Å². The Bertz CT molecular complexity index is 1540. The number of benzene rings is 4. The average molecular weight is 499 g/mol. The normalized spacial score (nSPS) is 11.1. The monoisotopic (exact) mass is 498 g/mol. The van der Waals surface area contributed by atoms with Crippen LogP contribution in [-0.2, 0) is 17.8 Å². The first-order valence-corrected chi connectivity index (χ1v) is 11.3. The van der Waals surface area contributed by atoms with E-state index >= 15 is 0 Å². The van der Waals surface area contributed by atoms with Crippen molar-refractivity contribution in [1.82, 2.24) is 20.3 Å². The zero-order valence-electron chi connectivity index (χ0n) is 17.5. The van der Waals surface area contributed by atoms with Crippen LogP contribution in [0.15, 0.2) is 94.2 Å². The van der Waals surface area contributed by atoms with E-state index in [-0.39, 0.29) is 17.9 Å². The van der Waals surface area contributed by atoms with Gasteiger partial charge in [-0.2, -0.15) is 4.68 Å². The maximum absolute atomic E-state index is 12.8. The number of carbonyl (C=O) groups excluding carboxylic acids is 1. The largest absolute Gasteiger partial charge is 0.352 e. The SMILES string of the molecule is O=C(Cc1ccc(-n2nnc3ccc(Br)cc3c2=O)cc1)NCc1cccc2ccccc12. The van der Waals surface area contributed by atoms with Gasteiger partial charge in [-0.3, -0.25) is 9.59 Å². The molecule has 0 saturated carbocycles. The van der Waals surface area contributed by atoms with E-state index in [9.17, 15) is 9.59 Å². The van der Waals surface area contributed by atoms with Crippen LogP contribution in [0.4, 0.5) is 0 Å². The molecule has 0 bridgehead atoms. The molecule has 0 aliphatic carbocycles. The highest BCUT2D eigenvalue weighted by molar-refractivity contribution is 9.10. The molecule has 1 aromatic heterocycles. The van der Waals surface area contributed by atoms with Gasteiger partial charge in [-0.25, -0.2) is 0 Å². The summed E-state index contributed by atoms with van der Waals surface area (Å²) in [6.45, 7) is 0.468. The number of carbonyl (C=O) groups is 1. The summed E-state index contributed by atoms with van der Waals surface area (Å²) < 4.78 is 2.07. The minimum Gasteiger partial charge on any atom is -0.352 e. The van der Waals surface area contributed by atoms with Crippen molar-refractivity contribution in [1.29, 1.82) is 0 Å². The Labute approximate surface area is 198 Å². The maximum atomic E-state index is 12.8. The van der Waals surface area contributed by atoms with Gasteiger partial charge in [-0.05, 0) is 52.2 Å². The second-order valence-corrected chi connectivity index (χ2v) is 8.64. The third kappa shape index (κ3) is 4.40. The van der Waals surface area contributed by atoms with Crippen molar-refractivity contribution in [3.63, 3.8) is 0 Å². The van der Waals surface area contributed by atoms with Gasteiger partial charge in [0, 0.05) is 11.0 Å². The number of nitrogens with zero attached hydrogens (tertiary/aromatic N) is 3. The number of aromatic nitrogens is 3. The van der Waals surface area contributed by atoms with Crippen LogP contribution in [0.25, 0.3) is 27.4 Å². The molecule has 6 nitrogen and oxygen atoms in total. The van der Waals surface area contributed by atoms with Crippen LogP contribution in [0, 0.1) is 0 Å². The lowest BCUT2D eigenvalue weighted by Crippen LogP contribution is -2.25. The van der Waals surface area contributed by atoms with Gasteiger partial charge >= 0.3 is 0 Å². The van der Waals surface area contributed by atoms with E-state index in [1.54, 1.807) is 24.3 Å². The highest BCUT2D eigenvalue weighted by Gasteiger charge is 2.10. The second-order valence-electron chi connectivity index (χ2n) is 7.73. The molecule has 0 saturated heterocycles. The molecule has 1 heterocycles. The first-order chi connectivity index (χ1) is 16.1. The van der Waals surface area contributed by atoms with Gasteiger partial charge < -0.3 is 5.32 Å². The van der Waals surface area contributed by atoms with E-state index < -0.39 is 0 Å². The summed E-state index contributed by atoms with van der Waals surface area (Å²) in [4.78, 5) is 25.3. The van der Waals surface area contributed by atoms with Crippen molar-refractivity contribution in [3.8, 4) is 5.69 Å².